The molecule has 0 spiro atoms. The molecule has 0 unspecified atom stereocenters. The summed E-state index contributed by atoms with van der Waals surface area (Å²) < 4.78 is 23.5. The second kappa shape index (κ2) is 7.57. The van der Waals surface area contributed by atoms with E-state index >= 15 is 0 Å². The predicted octanol–water partition coefficient (Wildman–Crippen LogP) is 2.14. The fraction of sp³-hybridized carbons (Fsp3) is 0.250. The number of rotatable bonds is 6. The highest BCUT2D eigenvalue weighted by atomic mass is 32.2. The third kappa shape index (κ3) is 3.75. The van der Waals surface area contributed by atoms with E-state index in [9.17, 15) is 23.1 Å². The molecule has 0 aliphatic heterocycles. The lowest BCUT2D eigenvalue weighted by Gasteiger charge is -2.25. The quantitative estimate of drug-likeness (QED) is 0.517. The number of carboxylic acid groups (broad SMARTS) is 1. The summed E-state index contributed by atoms with van der Waals surface area (Å²) in [5.41, 5.74) is 1.35. The van der Waals surface area contributed by atoms with Crippen molar-refractivity contribution in [1.82, 2.24) is 10.3 Å². The highest BCUT2D eigenvalue weighted by Crippen LogP contribution is 2.40. The number of thiol groups is 1. The van der Waals surface area contributed by atoms with Crippen LogP contribution in [0.1, 0.15) is 22.6 Å². The molecule has 0 saturated heterocycles. The van der Waals surface area contributed by atoms with Crippen molar-refractivity contribution >= 4 is 44.1 Å². The van der Waals surface area contributed by atoms with Crippen LogP contribution >= 0.6 is 11.3 Å². The van der Waals surface area contributed by atoms with E-state index in [-0.39, 0.29) is 23.8 Å². The second-order valence-electron chi connectivity index (χ2n) is 7.14. The van der Waals surface area contributed by atoms with Gasteiger partial charge in [0.2, 0.25) is 5.91 Å². The molecule has 1 aliphatic rings. The first-order chi connectivity index (χ1) is 13.9. The Labute approximate surface area is 172 Å². The van der Waals surface area contributed by atoms with Gasteiger partial charge in [-0.25, -0.2) is 13.4 Å². The predicted molar refractivity (Wildman–Crippen MR) is 109 cm³/mol. The summed E-state index contributed by atoms with van der Waals surface area (Å²) in [5, 5.41) is 12.8. The Kier molecular flexibility index (Phi) is 5.10. The summed E-state index contributed by atoms with van der Waals surface area (Å²) in [7, 11) is -2.76. The van der Waals surface area contributed by atoms with E-state index in [4.69, 9.17) is 0 Å². The van der Waals surface area contributed by atoms with Crippen LogP contribution in [0.2, 0.25) is 0 Å². The number of thiazole rings is 1. The van der Waals surface area contributed by atoms with Crippen molar-refractivity contribution in [1.29, 1.82) is 0 Å². The van der Waals surface area contributed by atoms with Crippen LogP contribution in [-0.2, 0) is 39.7 Å². The number of nitrogens with zero attached hydrogens (tertiary/aromatic N) is 1. The molecule has 1 aromatic heterocycles. The maximum atomic E-state index is 13.0. The topological polar surface area (TPSA) is 113 Å². The van der Waals surface area contributed by atoms with Crippen molar-refractivity contribution < 1.29 is 23.1 Å². The fourth-order valence-electron chi connectivity index (χ4n) is 3.90. The Morgan fingerprint density at radius 1 is 1.10 bits per heavy atom. The molecule has 0 bridgehead atoms. The zero-order valence-electron chi connectivity index (χ0n) is 15.3. The van der Waals surface area contributed by atoms with Crippen molar-refractivity contribution in [3.8, 4) is 0 Å². The average molecular weight is 431 g/mol. The highest BCUT2D eigenvalue weighted by Gasteiger charge is 2.45. The maximum absolute atomic E-state index is 13.0. The largest absolute Gasteiger partial charge is 0.481 e. The van der Waals surface area contributed by atoms with Gasteiger partial charge in [0.05, 0.1) is 33.5 Å². The Morgan fingerprint density at radius 2 is 1.79 bits per heavy atom. The van der Waals surface area contributed by atoms with Gasteiger partial charge in [0.1, 0.15) is 5.01 Å². The van der Waals surface area contributed by atoms with Crippen LogP contribution in [0.5, 0.6) is 0 Å². The molecule has 1 heterocycles. The molecule has 150 valence electrons. The zero-order valence-corrected chi connectivity index (χ0v) is 17.0. The number of amides is 1. The molecule has 7 nitrogen and oxygen atoms in total. The van der Waals surface area contributed by atoms with Crippen molar-refractivity contribution in [3.05, 3.63) is 58.6 Å². The molecule has 9 heteroatoms. The van der Waals surface area contributed by atoms with E-state index in [1.165, 1.54) is 17.4 Å². The molecule has 0 fully saturated rings. The molecule has 0 atom stereocenters. The van der Waals surface area contributed by atoms with Gasteiger partial charge in [-0.15, -0.1) is 11.3 Å². The average Bonchev–Trinajstić information content (AvgIpc) is 3.26. The van der Waals surface area contributed by atoms with Crippen LogP contribution in [0.3, 0.4) is 0 Å². The minimum Gasteiger partial charge on any atom is -0.481 e. The summed E-state index contributed by atoms with van der Waals surface area (Å²) in [6.07, 6.45) is 0.498. The summed E-state index contributed by atoms with van der Waals surface area (Å²) in [5.74, 6) is -1.35. The van der Waals surface area contributed by atoms with E-state index in [1.807, 2.05) is 24.3 Å². The number of nitrogens with one attached hydrogen (secondary N) is 1. The van der Waals surface area contributed by atoms with Crippen LogP contribution in [0.4, 0.5) is 0 Å². The maximum Gasteiger partial charge on any atom is 0.304 e. The van der Waals surface area contributed by atoms with Crippen molar-refractivity contribution in [3.63, 3.8) is 0 Å². The molecular weight excluding hydrogens is 412 g/mol. The second-order valence-corrected chi connectivity index (χ2v) is 9.26. The van der Waals surface area contributed by atoms with Crippen molar-refractivity contribution in [2.45, 2.75) is 30.7 Å². The molecule has 1 aliphatic carbocycles. The Bertz CT molecular complexity index is 1170. The first kappa shape index (κ1) is 19.5. The summed E-state index contributed by atoms with van der Waals surface area (Å²) >= 11 is 1.30. The first-order valence-corrected chi connectivity index (χ1v) is 11.0. The van der Waals surface area contributed by atoms with Gasteiger partial charge < -0.3 is 10.4 Å². The summed E-state index contributed by atoms with van der Waals surface area (Å²) in [6, 6.07) is 12.5. The van der Waals surface area contributed by atoms with Gasteiger partial charge in [-0.3, -0.25) is 9.59 Å². The SMILES string of the molecule is O=C(O)CC1(C(=O)NCc2nc3c([SH](=O)=O)cccc3s2)Cc2ccccc2C1. The lowest BCUT2D eigenvalue weighted by molar-refractivity contribution is -0.145. The van der Waals surface area contributed by atoms with Gasteiger partial charge >= 0.3 is 5.97 Å². The minimum absolute atomic E-state index is 0.116. The Hall–Kier alpha value is -2.78. The van der Waals surface area contributed by atoms with Gasteiger partial charge in [-0.05, 0) is 36.1 Å². The van der Waals surface area contributed by atoms with Crippen LogP contribution in [0, 0.1) is 5.41 Å². The van der Waals surface area contributed by atoms with E-state index < -0.39 is 22.1 Å². The lowest BCUT2D eigenvalue weighted by atomic mass is 9.80. The van der Waals surface area contributed by atoms with E-state index in [2.05, 4.69) is 10.3 Å². The number of benzene rings is 2. The van der Waals surface area contributed by atoms with Crippen LogP contribution in [-0.4, -0.2) is 30.4 Å². The first-order valence-electron chi connectivity index (χ1n) is 8.98. The molecule has 1 amide bonds. The molecule has 0 saturated carbocycles. The molecule has 4 rings (SSSR count). The number of aliphatic carboxylic acids is 1. The lowest BCUT2D eigenvalue weighted by Crippen LogP contribution is -2.43. The van der Waals surface area contributed by atoms with Gasteiger partial charge in [0.15, 0.2) is 10.7 Å². The van der Waals surface area contributed by atoms with E-state index in [1.54, 1.807) is 12.1 Å². The minimum atomic E-state index is -2.76. The molecule has 0 radical (unpaired) electrons. The smallest absolute Gasteiger partial charge is 0.304 e. The highest BCUT2D eigenvalue weighted by molar-refractivity contribution is 7.72. The van der Waals surface area contributed by atoms with Gasteiger partial charge in [0.25, 0.3) is 0 Å². The number of aromatic nitrogens is 1. The number of carbonyl (C=O) groups excluding carboxylic acids is 1. The summed E-state index contributed by atoms with van der Waals surface area (Å²) in [6.45, 7) is 0.116. The Morgan fingerprint density at radius 3 is 2.41 bits per heavy atom. The molecule has 2 N–H and O–H groups in total. The molecule has 3 aromatic rings. The van der Waals surface area contributed by atoms with Crippen LogP contribution in [0.15, 0.2) is 47.4 Å². The Balaban J connectivity index is 1.56. The zero-order chi connectivity index (χ0) is 20.6. The molecular formula is C20H18N2O5S2. The fourth-order valence-corrected chi connectivity index (χ4v) is 5.46. The number of fused-ring (bicyclic) bond motifs is 2. The third-order valence-corrected chi connectivity index (χ3v) is 6.96. The number of hydrogen-bond donors (Lipinski definition) is 3. The molecule has 2 aromatic carbocycles. The normalized spacial score (nSPS) is 14.8. The van der Waals surface area contributed by atoms with Gasteiger partial charge in [-0.2, -0.15) is 0 Å². The van der Waals surface area contributed by atoms with Crippen LogP contribution < -0.4 is 5.32 Å². The third-order valence-electron chi connectivity index (χ3n) is 5.19. The number of carbonyl (C=O) groups is 2. The standard InChI is InChI=1S/C20H18N2O5S2/c23-17(24)10-20(8-12-4-1-2-5-13(12)9-20)19(25)21-11-16-22-18-14(28-16)6-3-7-15(18)29(26)27/h1-7,29H,8-11H2,(H,21,25)(H,23,24). The van der Waals surface area contributed by atoms with E-state index in [0.717, 1.165) is 15.8 Å². The van der Waals surface area contributed by atoms with Gasteiger partial charge in [-0.1, -0.05) is 30.3 Å². The van der Waals surface area contributed by atoms with Gasteiger partial charge in [0, 0.05) is 0 Å². The number of para-hydroxylation sites is 1. The number of carboxylic acids is 1. The van der Waals surface area contributed by atoms with Crippen LogP contribution in [0.25, 0.3) is 10.2 Å². The summed E-state index contributed by atoms with van der Waals surface area (Å²) in [4.78, 5) is 29.0. The van der Waals surface area contributed by atoms with Crippen molar-refractivity contribution in [2.75, 3.05) is 0 Å². The molecule has 29 heavy (non-hydrogen) atoms. The van der Waals surface area contributed by atoms with E-state index in [0.29, 0.717) is 23.4 Å². The monoisotopic (exact) mass is 430 g/mol. The van der Waals surface area contributed by atoms with Crippen molar-refractivity contribution in [2.24, 2.45) is 5.41 Å². The number of hydrogen-bond acceptors (Lipinski definition) is 6.